The lowest BCUT2D eigenvalue weighted by atomic mass is 9.99. The van der Waals surface area contributed by atoms with Gasteiger partial charge in [0.15, 0.2) is 0 Å². The molecule has 1 N–H and O–H groups in total. The first kappa shape index (κ1) is 13.9. The van der Waals surface area contributed by atoms with Crippen LogP contribution in [0.1, 0.15) is 18.1 Å². The average molecular weight is 261 g/mol. The van der Waals surface area contributed by atoms with Gasteiger partial charge in [0.1, 0.15) is 0 Å². The molecule has 0 saturated carbocycles. The first-order valence-electron chi connectivity index (χ1n) is 6.54. The van der Waals surface area contributed by atoms with E-state index < -0.39 is 0 Å². The molecule has 0 atom stereocenters. The second-order valence-corrected chi connectivity index (χ2v) is 4.81. The maximum Gasteiger partial charge on any atom is 0.0384 e. The van der Waals surface area contributed by atoms with E-state index in [-0.39, 0.29) is 0 Å². The SMILES string of the molecule is C=C(C)C(=C)Nc1ccc(C(=C)c2ccccc2)cc1. The standard InChI is InChI=1S/C19H19N/c1-14(2)16(4)20-19-12-10-18(11-13-19)15(3)17-8-6-5-7-9-17/h5-13,20H,1,3-4H2,2H3. The van der Waals surface area contributed by atoms with Gasteiger partial charge in [0.05, 0.1) is 0 Å². The molecule has 1 heteroatoms. The number of benzene rings is 2. The minimum absolute atomic E-state index is 0.833. The second kappa shape index (κ2) is 6.07. The largest absolute Gasteiger partial charge is 0.356 e. The first-order valence-corrected chi connectivity index (χ1v) is 6.54. The Morgan fingerprint density at radius 1 is 0.800 bits per heavy atom. The summed E-state index contributed by atoms with van der Waals surface area (Å²) < 4.78 is 0. The van der Waals surface area contributed by atoms with Gasteiger partial charge < -0.3 is 5.32 Å². The topological polar surface area (TPSA) is 12.0 Å². The Hall–Kier alpha value is -2.54. The van der Waals surface area contributed by atoms with Crippen molar-refractivity contribution in [1.82, 2.24) is 0 Å². The molecule has 0 amide bonds. The van der Waals surface area contributed by atoms with Gasteiger partial charge in [-0.15, -0.1) is 0 Å². The smallest absolute Gasteiger partial charge is 0.0384 e. The molecule has 0 aliphatic carbocycles. The molecule has 2 rings (SSSR count). The molecule has 0 spiro atoms. The van der Waals surface area contributed by atoms with E-state index in [1.165, 1.54) is 0 Å². The van der Waals surface area contributed by atoms with Crippen molar-refractivity contribution in [1.29, 1.82) is 0 Å². The van der Waals surface area contributed by atoms with Crippen LogP contribution >= 0.6 is 0 Å². The van der Waals surface area contributed by atoms with Crippen LogP contribution in [0.25, 0.3) is 5.57 Å². The van der Waals surface area contributed by atoms with E-state index in [0.29, 0.717) is 0 Å². The van der Waals surface area contributed by atoms with E-state index in [2.05, 4.69) is 49.3 Å². The quantitative estimate of drug-likeness (QED) is 0.725. The Morgan fingerprint density at radius 3 is 1.90 bits per heavy atom. The van der Waals surface area contributed by atoms with Crippen molar-refractivity contribution in [3.8, 4) is 0 Å². The van der Waals surface area contributed by atoms with Crippen LogP contribution in [0.3, 0.4) is 0 Å². The van der Waals surface area contributed by atoms with Gasteiger partial charge in [-0.05, 0) is 41.3 Å². The van der Waals surface area contributed by atoms with Crippen molar-refractivity contribution in [3.05, 3.63) is 96.7 Å². The molecule has 0 aliphatic rings. The summed E-state index contributed by atoms with van der Waals surface area (Å²) in [5.41, 5.74) is 6.04. The fourth-order valence-electron chi connectivity index (χ4n) is 1.84. The van der Waals surface area contributed by atoms with Crippen molar-refractivity contribution in [2.24, 2.45) is 0 Å². The zero-order valence-electron chi connectivity index (χ0n) is 11.8. The molecule has 0 aromatic heterocycles. The Balaban J connectivity index is 2.14. The fraction of sp³-hybridized carbons (Fsp3) is 0.0526. The monoisotopic (exact) mass is 261 g/mol. The summed E-state index contributed by atoms with van der Waals surface area (Å²) in [6.07, 6.45) is 0. The van der Waals surface area contributed by atoms with E-state index >= 15 is 0 Å². The molecule has 0 saturated heterocycles. The highest BCUT2D eigenvalue weighted by atomic mass is 14.9. The predicted octanol–water partition coefficient (Wildman–Crippen LogP) is 5.25. The Labute approximate surface area is 121 Å². The summed E-state index contributed by atoms with van der Waals surface area (Å²) in [6.45, 7) is 13.9. The van der Waals surface area contributed by atoms with E-state index in [0.717, 1.165) is 33.7 Å². The summed E-state index contributed by atoms with van der Waals surface area (Å²) in [6, 6.07) is 18.4. The van der Waals surface area contributed by atoms with Crippen LogP contribution in [0.4, 0.5) is 5.69 Å². The van der Waals surface area contributed by atoms with Gasteiger partial charge in [-0.1, -0.05) is 62.2 Å². The zero-order valence-corrected chi connectivity index (χ0v) is 11.8. The molecule has 100 valence electrons. The summed E-state index contributed by atoms with van der Waals surface area (Å²) >= 11 is 0. The summed E-state index contributed by atoms with van der Waals surface area (Å²) in [4.78, 5) is 0. The molecule has 0 aliphatic heterocycles. The van der Waals surface area contributed by atoms with Crippen molar-refractivity contribution < 1.29 is 0 Å². The van der Waals surface area contributed by atoms with Crippen LogP contribution in [0, 0.1) is 0 Å². The molecule has 0 unspecified atom stereocenters. The lowest BCUT2D eigenvalue weighted by Gasteiger charge is -2.11. The van der Waals surface area contributed by atoms with Crippen molar-refractivity contribution >= 4 is 11.3 Å². The second-order valence-electron chi connectivity index (χ2n) is 4.81. The third kappa shape index (κ3) is 3.27. The lowest BCUT2D eigenvalue weighted by molar-refractivity contribution is 1.37. The highest BCUT2D eigenvalue weighted by Crippen LogP contribution is 2.23. The van der Waals surface area contributed by atoms with Crippen molar-refractivity contribution in [3.63, 3.8) is 0 Å². The number of anilines is 1. The van der Waals surface area contributed by atoms with Crippen LogP contribution in [0.2, 0.25) is 0 Å². The Bertz CT molecular complexity index is 633. The van der Waals surface area contributed by atoms with E-state index in [1.54, 1.807) is 0 Å². The molecule has 0 bridgehead atoms. The molecule has 2 aromatic carbocycles. The van der Waals surface area contributed by atoms with Gasteiger partial charge in [0, 0.05) is 11.4 Å². The van der Waals surface area contributed by atoms with E-state index in [4.69, 9.17) is 0 Å². The molecule has 0 fully saturated rings. The zero-order chi connectivity index (χ0) is 14.5. The highest BCUT2D eigenvalue weighted by Gasteiger charge is 2.02. The summed E-state index contributed by atoms with van der Waals surface area (Å²) in [5, 5.41) is 3.22. The van der Waals surface area contributed by atoms with Gasteiger partial charge in [-0.3, -0.25) is 0 Å². The van der Waals surface area contributed by atoms with Gasteiger partial charge in [-0.2, -0.15) is 0 Å². The minimum Gasteiger partial charge on any atom is -0.356 e. The Kier molecular flexibility index (Phi) is 4.21. The molecular weight excluding hydrogens is 242 g/mol. The lowest BCUT2D eigenvalue weighted by Crippen LogP contribution is -1.98. The van der Waals surface area contributed by atoms with Crippen LogP contribution in [-0.4, -0.2) is 0 Å². The third-order valence-corrected chi connectivity index (χ3v) is 3.17. The van der Waals surface area contributed by atoms with E-state index in [1.807, 2.05) is 37.3 Å². The molecule has 1 nitrogen and oxygen atoms in total. The number of rotatable bonds is 5. The van der Waals surface area contributed by atoms with Crippen LogP contribution in [0.5, 0.6) is 0 Å². The summed E-state index contributed by atoms with van der Waals surface area (Å²) in [7, 11) is 0. The maximum absolute atomic E-state index is 4.16. The normalized spacial score (nSPS) is 9.85. The maximum atomic E-state index is 4.16. The van der Waals surface area contributed by atoms with Crippen LogP contribution in [-0.2, 0) is 0 Å². The van der Waals surface area contributed by atoms with E-state index in [9.17, 15) is 0 Å². The average Bonchev–Trinajstić information content (AvgIpc) is 2.48. The Morgan fingerprint density at radius 2 is 1.35 bits per heavy atom. The molecule has 0 radical (unpaired) electrons. The van der Waals surface area contributed by atoms with Crippen LogP contribution < -0.4 is 5.32 Å². The number of hydrogen-bond acceptors (Lipinski definition) is 1. The number of nitrogens with one attached hydrogen (secondary N) is 1. The molecular formula is C19H19N. The third-order valence-electron chi connectivity index (χ3n) is 3.17. The van der Waals surface area contributed by atoms with Gasteiger partial charge >= 0.3 is 0 Å². The predicted molar refractivity (Wildman–Crippen MR) is 88.6 cm³/mol. The van der Waals surface area contributed by atoms with Crippen molar-refractivity contribution in [2.45, 2.75) is 6.92 Å². The molecule has 20 heavy (non-hydrogen) atoms. The minimum atomic E-state index is 0.833. The van der Waals surface area contributed by atoms with Gasteiger partial charge in [0.2, 0.25) is 0 Å². The molecule has 0 heterocycles. The summed E-state index contributed by atoms with van der Waals surface area (Å²) in [5.74, 6) is 0. The van der Waals surface area contributed by atoms with Crippen LogP contribution in [0.15, 0.2) is 85.6 Å². The van der Waals surface area contributed by atoms with Gasteiger partial charge in [0.25, 0.3) is 0 Å². The number of allylic oxidation sites excluding steroid dienone is 1. The van der Waals surface area contributed by atoms with Crippen molar-refractivity contribution in [2.75, 3.05) is 5.32 Å². The van der Waals surface area contributed by atoms with Gasteiger partial charge in [-0.25, -0.2) is 0 Å². The first-order chi connectivity index (χ1) is 9.58. The molecule has 2 aromatic rings. The fourth-order valence-corrected chi connectivity index (χ4v) is 1.84. The number of hydrogen-bond donors (Lipinski definition) is 1. The highest BCUT2D eigenvalue weighted by molar-refractivity contribution is 5.78.